The monoisotopic (exact) mass is 302 g/mol. The van der Waals surface area contributed by atoms with Gasteiger partial charge in [0.05, 0.1) is 5.69 Å². The molecule has 18 heavy (non-hydrogen) atoms. The molecular weight excluding hydrogens is 292 g/mol. The molecule has 2 aromatic heterocycles. The van der Waals surface area contributed by atoms with Crippen molar-refractivity contribution < 1.29 is 4.42 Å². The molecule has 3 nitrogen and oxygen atoms in total. The predicted octanol–water partition coefficient (Wildman–Crippen LogP) is 4.64. The Morgan fingerprint density at radius 2 is 2.11 bits per heavy atom. The summed E-state index contributed by atoms with van der Waals surface area (Å²) in [4.78, 5) is 4.36. The van der Waals surface area contributed by atoms with Gasteiger partial charge in [0.2, 0.25) is 0 Å². The Kier molecular flexibility index (Phi) is 2.80. The lowest BCUT2D eigenvalue weighted by molar-refractivity contribution is 0.617. The van der Waals surface area contributed by atoms with Gasteiger partial charge in [-0.25, -0.2) is 4.98 Å². The quantitative estimate of drug-likeness (QED) is 0.749. The summed E-state index contributed by atoms with van der Waals surface area (Å²) in [6, 6.07) is 9.94. The lowest BCUT2D eigenvalue weighted by Gasteiger charge is -2.06. The average Bonchev–Trinajstić information content (AvgIpc) is 2.76. The number of aromatic nitrogens is 1. The van der Waals surface area contributed by atoms with Gasteiger partial charge in [-0.2, -0.15) is 0 Å². The smallest absolute Gasteiger partial charge is 0.136 e. The van der Waals surface area contributed by atoms with Crippen LogP contribution in [0.25, 0.3) is 11.0 Å². The Morgan fingerprint density at radius 1 is 1.28 bits per heavy atom. The molecule has 0 radical (unpaired) electrons. The Morgan fingerprint density at radius 3 is 2.94 bits per heavy atom. The second-order valence-corrected chi connectivity index (χ2v) is 5.01. The van der Waals surface area contributed by atoms with Gasteiger partial charge in [0.25, 0.3) is 0 Å². The van der Waals surface area contributed by atoms with Crippen molar-refractivity contribution in [2.24, 2.45) is 0 Å². The number of rotatable bonds is 2. The van der Waals surface area contributed by atoms with E-state index in [0.717, 1.165) is 32.5 Å². The van der Waals surface area contributed by atoms with Crippen LogP contribution in [0.15, 0.2) is 51.7 Å². The minimum Gasteiger partial charge on any atom is -0.462 e. The van der Waals surface area contributed by atoms with E-state index in [4.69, 9.17) is 4.42 Å². The zero-order valence-corrected chi connectivity index (χ0v) is 11.4. The largest absolute Gasteiger partial charge is 0.462 e. The molecular formula is C14H11BrN2O. The molecule has 0 aliphatic carbocycles. The van der Waals surface area contributed by atoms with Gasteiger partial charge in [-0.3, -0.25) is 0 Å². The molecule has 0 atom stereocenters. The number of aryl methyl sites for hydroxylation is 1. The van der Waals surface area contributed by atoms with E-state index in [2.05, 4.69) is 26.2 Å². The minimum absolute atomic E-state index is 0.838. The van der Waals surface area contributed by atoms with Crippen molar-refractivity contribution in [1.29, 1.82) is 0 Å². The van der Waals surface area contributed by atoms with Gasteiger partial charge in [-0.05, 0) is 46.6 Å². The van der Waals surface area contributed by atoms with Crippen molar-refractivity contribution in [2.75, 3.05) is 5.32 Å². The van der Waals surface area contributed by atoms with Gasteiger partial charge >= 0.3 is 0 Å². The first-order valence-corrected chi connectivity index (χ1v) is 6.39. The molecule has 90 valence electrons. The fourth-order valence-electron chi connectivity index (χ4n) is 1.87. The highest BCUT2D eigenvalue weighted by Gasteiger charge is 2.07. The summed E-state index contributed by atoms with van der Waals surface area (Å²) >= 11 is 3.41. The van der Waals surface area contributed by atoms with Crippen LogP contribution in [-0.2, 0) is 0 Å². The van der Waals surface area contributed by atoms with Gasteiger partial charge in [0.15, 0.2) is 0 Å². The summed E-state index contributed by atoms with van der Waals surface area (Å²) in [6.45, 7) is 2.02. The van der Waals surface area contributed by atoms with Gasteiger partial charge < -0.3 is 9.73 Å². The predicted molar refractivity (Wildman–Crippen MR) is 76.2 cm³/mol. The summed E-state index contributed by atoms with van der Waals surface area (Å²) in [5.41, 5.74) is 2.88. The number of benzene rings is 1. The zero-order valence-electron chi connectivity index (χ0n) is 9.77. The number of para-hydroxylation sites is 1. The van der Waals surface area contributed by atoms with Gasteiger partial charge in [0.1, 0.15) is 17.7 Å². The molecule has 1 aromatic carbocycles. The van der Waals surface area contributed by atoms with E-state index in [-0.39, 0.29) is 0 Å². The summed E-state index contributed by atoms with van der Waals surface area (Å²) in [5.74, 6) is 0.838. The third-order valence-electron chi connectivity index (χ3n) is 2.78. The molecule has 2 heterocycles. The maximum Gasteiger partial charge on any atom is 0.136 e. The molecule has 3 rings (SSSR count). The van der Waals surface area contributed by atoms with E-state index in [9.17, 15) is 0 Å². The highest BCUT2D eigenvalue weighted by Crippen LogP contribution is 2.29. The first-order chi connectivity index (χ1) is 8.74. The van der Waals surface area contributed by atoms with Crippen LogP contribution in [0, 0.1) is 6.92 Å². The maximum absolute atomic E-state index is 5.49. The van der Waals surface area contributed by atoms with Crippen molar-refractivity contribution in [2.45, 2.75) is 6.92 Å². The zero-order chi connectivity index (χ0) is 12.5. The van der Waals surface area contributed by atoms with E-state index in [1.807, 2.05) is 37.3 Å². The Labute approximate surface area is 113 Å². The number of hydrogen-bond donors (Lipinski definition) is 1. The average molecular weight is 303 g/mol. The fraction of sp³-hybridized carbons (Fsp3) is 0.0714. The molecule has 0 saturated carbocycles. The van der Waals surface area contributed by atoms with Crippen LogP contribution < -0.4 is 5.32 Å². The van der Waals surface area contributed by atoms with Crippen LogP contribution in [0.3, 0.4) is 0 Å². The molecule has 4 heteroatoms. The van der Waals surface area contributed by atoms with Crippen molar-refractivity contribution in [3.05, 3.63) is 52.8 Å². The number of pyridine rings is 1. The second-order valence-electron chi connectivity index (χ2n) is 4.09. The molecule has 3 aromatic rings. The lowest BCUT2D eigenvalue weighted by Crippen LogP contribution is -1.95. The van der Waals surface area contributed by atoms with Crippen LogP contribution in [0.4, 0.5) is 11.5 Å². The van der Waals surface area contributed by atoms with Gasteiger partial charge in [0, 0.05) is 16.1 Å². The minimum atomic E-state index is 0.838. The number of halogens is 1. The first kappa shape index (κ1) is 11.3. The van der Waals surface area contributed by atoms with Gasteiger partial charge in [-0.15, -0.1) is 0 Å². The SMILES string of the molecule is Cc1cc(Br)cnc1Nc1coc2ccccc12. The number of fused-ring (bicyclic) bond motifs is 1. The second kappa shape index (κ2) is 4.46. The molecule has 0 fully saturated rings. The third-order valence-corrected chi connectivity index (χ3v) is 3.21. The van der Waals surface area contributed by atoms with Crippen LogP contribution in [0.5, 0.6) is 0 Å². The van der Waals surface area contributed by atoms with E-state index in [1.54, 1.807) is 12.5 Å². The summed E-state index contributed by atoms with van der Waals surface area (Å²) in [5, 5.41) is 4.35. The molecule has 1 N–H and O–H groups in total. The van der Waals surface area contributed by atoms with E-state index < -0.39 is 0 Å². The molecule has 0 spiro atoms. The van der Waals surface area contributed by atoms with Crippen LogP contribution in [0.2, 0.25) is 0 Å². The topological polar surface area (TPSA) is 38.1 Å². The third kappa shape index (κ3) is 1.99. The van der Waals surface area contributed by atoms with Crippen LogP contribution >= 0.6 is 15.9 Å². The fourth-order valence-corrected chi connectivity index (χ4v) is 2.32. The van der Waals surface area contributed by atoms with Crippen molar-refractivity contribution in [1.82, 2.24) is 4.98 Å². The molecule has 0 bridgehead atoms. The standard InChI is InChI=1S/C14H11BrN2O/c1-9-6-10(15)7-16-14(9)17-12-8-18-13-5-3-2-4-11(12)13/h2-8H,1H3,(H,16,17). The molecule has 0 saturated heterocycles. The molecule has 0 aliphatic rings. The van der Waals surface area contributed by atoms with Crippen LogP contribution in [-0.4, -0.2) is 4.98 Å². The molecule has 0 aliphatic heterocycles. The van der Waals surface area contributed by atoms with Crippen LogP contribution in [0.1, 0.15) is 5.56 Å². The van der Waals surface area contributed by atoms with Crippen molar-refractivity contribution in [3.8, 4) is 0 Å². The maximum atomic E-state index is 5.49. The number of anilines is 2. The van der Waals surface area contributed by atoms with Crippen molar-refractivity contribution >= 4 is 38.4 Å². The number of furan rings is 1. The molecule has 0 unspecified atom stereocenters. The summed E-state index contributed by atoms with van der Waals surface area (Å²) in [7, 11) is 0. The number of nitrogens with zero attached hydrogens (tertiary/aromatic N) is 1. The lowest BCUT2D eigenvalue weighted by atomic mass is 10.2. The highest BCUT2D eigenvalue weighted by atomic mass is 79.9. The number of hydrogen-bond acceptors (Lipinski definition) is 3. The normalized spacial score (nSPS) is 10.8. The highest BCUT2D eigenvalue weighted by molar-refractivity contribution is 9.10. The van der Waals surface area contributed by atoms with E-state index in [1.165, 1.54) is 0 Å². The van der Waals surface area contributed by atoms with Gasteiger partial charge in [-0.1, -0.05) is 12.1 Å². The Balaban J connectivity index is 2.01. The Hall–Kier alpha value is -1.81. The summed E-state index contributed by atoms with van der Waals surface area (Å²) in [6.07, 6.45) is 3.49. The summed E-state index contributed by atoms with van der Waals surface area (Å²) < 4.78 is 6.46. The Bertz CT molecular complexity index is 706. The van der Waals surface area contributed by atoms with Crippen molar-refractivity contribution in [3.63, 3.8) is 0 Å². The first-order valence-electron chi connectivity index (χ1n) is 5.59. The van der Waals surface area contributed by atoms with E-state index >= 15 is 0 Å². The molecule has 0 amide bonds. The van der Waals surface area contributed by atoms with E-state index in [0.29, 0.717) is 0 Å². The number of nitrogens with one attached hydrogen (secondary N) is 1.